The van der Waals surface area contributed by atoms with Crippen molar-refractivity contribution in [2.24, 2.45) is 0 Å². The van der Waals surface area contributed by atoms with Crippen molar-refractivity contribution >= 4 is 154 Å². The van der Waals surface area contributed by atoms with E-state index in [1.807, 2.05) is 63.5 Å². The number of benzene rings is 8. The van der Waals surface area contributed by atoms with E-state index >= 15 is 17.6 Å². The molecule has 37 heteroatoms. The van der Waals surface area contributed by atoms with Crippen LogP contribution in [0.1, 0.15) is 46.6 Å². The minimum atomic E-state index is -0.959. The van der Waals surface area contributed by atoms with Gasteiger partial charge in [0.2, 0.25) is 29.5 Å². The molecule has 4 fully saturated rings. The average Bonchev–Trinajstić information content (AvgIpc) is 1.19. The van der Waals surface area contributed by atoms with Crippen LogP contribution in [0.15, 0.2) is 173 Å². The van der Waals surface area contributed by atoms with Crippen molar-refractivity contribution in [1.82, 2.24) is 69.7 Å². The zero-order valence-corrected chi connectivity index (χ0v) is 73.0. The smallest absolute Gasteiger partial charge is 0.247 e. The molecule has 13 aromatic rings. The number of nitrogens with one attached hydrogen (secondary N) is 1. The number of halogens is 11. The van der Waals surface area contributed by atoms with Gasteiger partial charge in [-0.05, 0) is 138 Å². The highest BCUT2D eigenvalue weighted by molar-refractivity contribution is 6.36. The summed E-state index contributed by atoms with van der Waals surface area (Å²) in [5, 5.41) is 39.5. The number of carbonyl (C=O) groups is 5. The van der Waals surface area contributed by atoms with Gasteiger partial charge in [0.15, 0.2) is 23.3 Å². The van der Waals surface area contributed by atoms with Crippen molar-refractivity contribution in [1.29, 1.82) is 0 Å². The lowest BCUT2D eigenvalue weighted by Crippen LogP contribution is -2.58. The first kappa shape index (κ1) is 91.6. The number of rotatable bonds is 13. The molecule has 26 nitrogen and oxygen atoms in total. The highest BCUT2D eigenvalue weighted by Gasteiger charge is 2.39. The summed E-state index contributed by atoms with van der Waals surface area (Å²) >= 11 is 25.8. The number of hydrogen-bond donors (Lipinski definition) is 4. The van der Waals surface area contributed by atoms with Crippen LogP contribution >= 0.6 is 46.4 Å². The Morgan fingerprint density at radius 2 is 0.783 bits per heavy atom. The quantitative estimate of drug-likeness (QED) is 0.0616. The summed E-state index contributed by atoms with van der Waals surface area (Å²) in [4.78, 5) is 108. The van der Waals surface area contributed by atoms with E-state index in [2.05, 4.69) is 81.3 Å². The number of hydrogen-bond acceptors (Lipinski definition) is 20. The first-order valence-electron chi connectivity index (χ1n) is 40.4. The summed E-state index contributed by atoms with van der Waals surface area (Å²) in [5.41, 5.74) is 0.713. The van der Waals surface area contributed by atoms with Gasteiger partial charge in [0.05, 0.1) is 48.5 Å². The predicted octanol–water partition coefficient (Wildman–Crippen LogP) is 17.3. The summed E-state index contributed by atoms with van der Waals surface area (Å²) < 4.78 is 106. The van der Waals surface area contributed by atoms with Gasteiger partial charge in [-0.15, -0.1) is 0 Å². The summed E-state index contributed by atoms with van der Waals surface area (Å²) in [6.07, 6.45) is 12.4. The number of anilines is 4. The van der Waals surface area contributed by atoms with Crippen molar-refractivity contribution in [2.75, 3.05) is 85.0 Å². The Kier molecular flexibility index (Phi) is 27.1. The van der Waals surface area contributed by atoms with E-state index in [0.29, 0.717) is 90.6 Å². The third kappa shape index (κ3) is 17.5. The second-order valence-corrected chi connectivity index (χ2v) is 32.5. The molecule has 5 atom stereocenters. The van der Waals surface area contributed by atoms with Crippen LogP contribution in [0, 0.1) is 47.6 Å². The maximum Gasteiger partial charge on any atom is 0.247 e. The van der Waals surface area contributed by atoms with Crippen LogP contribution in [0.5, 0.6) is 17.2 Å². The Bertz CT molecular complexity index is 6660. The number of nitrogens with zero attached hydrogens (tertiary/aromatic N) is 17. The fourth-order valence-electron chi connectivity index (χ4n) is 17.1. The Balaban J connectivity index is 0.000000139. The monoisotopic (exact) mass is 1840 g/mol. The van der Waals surface area contributed by atoms with E-state index in [-0.39, 0.29) is 160 Å². The molecule has 0 unspecified atom stereocenters. The molecule has 4 saturated heterocycles. The van der Waals surface area contributed by atoms with Gasteiger partial charge in [-0.25, -0.2) is 70.6 Å². The van der Waals surface area contributed by atoms with Crippen molar-refractivity contribution < 1.29 is 70.0 Å². The minimum absolute atomic E-state index is 0.0310. The lowest BCUT2D eigenvalue weighted by molar-refractivity contribution is -0.133. The molecular weight excluding hydrogens is 1760 g/mol. The zero-order valence-electron chi connectivity index (χ0n) is 70.0. The van der Waals surface area contributed by atoms with Crippen LogP contribution in [0.3, 0.4) is 0 Å². The van der Waals surface area contributed by atoms with E-state index in [1.165, 1.54) is 102 Å². The number of phenolic OH excluding ortho intramolecular Hbond substituents is 3. The van der Waals surface area contributed by atoms with Gasteiger partial charge in [0.1, 0.15) is 112 Å². The summed E-state index contributed by atoms with van der Waals surface area (Å²) in [6.45, 7) is 29.4. The van der Waals surface area contributed by atoms with Crippen LogP contribution in [0.4, 0.5) is 54.0 Å². The molecule has 0 aliphatic carbocycles. The number of carbonyl (C=O) groups excluding carboxylic acids is 5. The number of H-pyrrole nitrogens is 1. The highest BCUT2D eigenvalue weighted by atomic mass is 35.5. The molecule has 0 saturated carbocycles. The number of phenols is 3. The van der Waals surface area contributed by atoms with E-state index in [4.69, 9.17) is 46.4 Å². The van der Waals surface area contributed by atoms with E-state index < -0.39 is 63.9 Å². The Morgan fingerprint density at radius 1 is 0.434 bits per heavy atom. The second kappa shape index (κ2) is 38.1. The number of aromatic amines is 1. The largest absolute Gasteiger partial charge is 0.507 e. The number of aromatic hydroxyl groups is 3. The highest BCUT2D eigenvalue weighted by Crippen LogP contribution is 2.48. The third-order valence-corrected chi connectivity index (χ3v) is 24.2. The molecule has 5 aromatic heterocycles. The Hall–Kier alpha value is -13.6. The van der Waals surface area contributed by atoms with Crippen LogP contribution < -0.4 is 19.6 Å². The Labute approximate surface area is 753 Å². The van der Waals surface area contributed by atoms with Crippen molar-refractivity contribution in [3.63, 3.8) is 0 Å². The van der Waals surface area contributed by atoms with Gasteiger partial charge < -0.3 is 49.6 Å². The molecule has 5 amide bonds. The standard InChI is InChI=1S/C25H24ClFN6O.2C23H21ClF2N4O2.C21H15ClF2N4O3/c1-5-20(34)32-10-14(3)33(15(4)11-32)25-16-8-18(26)22(23(27)24(16)28-12-29-25)21-13(2)6-7-19-17(21)9-30-31-19;1-4-18(32)29-9-12(2)30(13(3)10-29)23-14-8-15(24)19(21(26)22(14)27-11-28-23)20-16(25)6-5-7-17(20)31;1-3-13-11-29(18(32)4-2)8-9-30(13)23-14-10-15(24)19(21(26)22(14)27-12-28-23)20-16(25)6-5-7-17(20)31;1-2-15(30)27-6-7-28(16(31)9-27)21-11-8-12(22)17(19(24)20(11)25-10-26-21)18-13(23)4-3-5-14(18)29/h5-9,12,14-15H,1,10-11H2,2-4H3,(H,30,31);4-8,11-13,31H,1,9-10H2,2-3H3;4-7,10,12-13,31H,2-3,8-9,11H2,1H3;2-5,8,10,29H,1,6-7,9H2/t14-,15+;12-,13-;13-;/m.00./s1. The normalized spacial score (nSPS) is 17.1. The molecule has 9 heterocycles. The average molecular weight is 1840 g/mol. The maximum atomic E-state index is 16.1. The lowest BCUT2D eigenvalue weighted by atomic mass is 9.95. The summed E-state index contributed by atoms with van der Waals surface area (Å²) in [7, 11) is 0. The Morgan fingerprint density at radius 3 is 1.16 bits per heavy atom. The fraction of sp³-hybridized carbons (Fsp3) is 0.239. The number of amides is 5. The van der Waals surface area contributed by atoms with Crippen molar-refractivity contribution in [3.05, 3.63) is 239 Å². The van der Waals surface area contributed by atoms with Crippen LogP contribution in [-0.4, -0.2) is 210 Å². The number of fused-ring (bicyclic) bond motifs is 5. The van der Waals surface area contributed by atoms with Crippen LogP contribution in [0.25, 0.3) is 99.0 Å². The molecule has 0 bridgehead atoms. The molecule has 17 rings (SSSR count). The van der Waals surface area contributed by atoms with Crippen LogP contribution in [0.2, 0.25) is 20.1 Å². The summed E-state index contributed by atoms with van der Waals surface area (Å²) in [6, 6.07) is 20.4. The SMILES string of the molecule is C=CC(=O)N1CCN(c2ncnc3c(F)c(-c4c(O)cccc4F)c(Cl)cc23)C(=O)C1.C=CC(=O)N1CCN(c2ncnc3c(F)c(-c4c(O)cccc4F)c(Cl)cc23)[C@@H](CC)C1.C=CC(=O)N1C[C@@H](C)N(c2ncnc3c(F)c(-c4c(C)ccc5[nH]ncc45)c(Cl)cc23)[C@@H](C)C1.C=CC(=O)N1C[C@H](C)N(c2ncnc3c(F)c(-c4c(O)cccc4F)c(Cl)cc23)[C@@H](C)C1. The summed E-state index contributed by atoms with van der Waals surface area (Å²) in [5.74, 6) is -6.46. The van der Waals surface area contributed by atoms with Gasteiger partial charge in [-0.3, -0.25) is 34.0 Å². The first-order chi connectivity index (χ1) is 61.7. The minimum Gasteiger partial charge on any atom is -0.507 e. The lowest BCUT2D eigenvalue weighted by Gasteiger charge is -2.45. The van der Waals surface area contributed by atoms with Crippen molar-refractivity contribution in [3.8, 4) is 61.8 Å². The van der Waals surface area contributed by atoms with Gasteiger partial charge in [-0.1, -0.05) is 104 Å². The van der Waals surface area contributed by atoms with E-state index in [9.17, 15) is 52.5 Å². The molecule has 8 aromatic carbocycles. The maximum absolute atomic E-state index is 16.1. The molecule has 4 N–H and O–H groups in total. The molecule has 129 heavy (non-hydrogen) atoms. The first-order valence-corrected chi connectivity index (χ1v) is 41.9. The third-order valence-electron chi connectivity index (χ3n) is 23.0. The molecule has 4 aliphatic rings. The van der Waals surface area contributed by atoms with E-state index in [1.54, 1.807) is 27.0 Å². The number of aromatic nitrogens is 10. The topological polar surface area (TPSA) is 304 Å². The van der Waals surface area contributed by atoms with Gasteiger partial charge in [0.25, 0.3) is 0 Å². The molecular formula is C92H81Cl4F7N18O8. The van der Waals surface area contributed by atoms with Crippen molar-refractivity contribution in [2.45, 2.75) is 78.2 Å². The van der Waals surface area contributed by atoms with Gasteiger partial charge >= 0.3 is 0 Å². The fourth-order valence-corrected chi connectivity index (χ4v) is 18.2. The second-order valence-electron chi connectivity index (χ2n) is 30.9. The zero-order chi connectivity index (χ0) is 92.6. The molecule has 0 spiro atoms. The van der Waals surface area contributed by atoms with Gasteiger partial charge in [0, 0.05) is 144 Å². The molecule has 0 radical (unpaired) electrons. The van der Waals surface area contributed by atoms with E-state index in [0.717, 1.165) is 53.5 Å². The number of piperazine rings is 4. The predicted molar refractivity (Wildman–Crippen MR) is 483 cm³/mol. The number of aryl methyl sites for hydroxylation is 1. The van der Waals surface area contributed by atoms with Gasteiger partial charge in [-0.2, -0.15) is 5.10 Å². The molecule has 4 aliphatic heterocycles. The van der Waals surface area contributed by atoms with Crippen LogP contribution in [-0.2, 0) is 24.0 Å². The molecule has 664 valence electrons.